The van der Waals surface area contributed by atoms with E-state index in [2.05, 4.69) is 22.4 Å². The number of nitrogens with one attached hydrogen (secondary N) is 2. The minimum atomic E-state index is -0.0907. The van der Waals surface area contributed by atoms with E-state index in [1.165, 1.54) is 0 Å². The zero-order valence-electron chi connectivity index (χ0n) is 16.5. The molecule has 0 aliphatic heterocycles. The molecule has 0 radical (unpaired) electrons. The van der Waals surface area contributed by atoms with Gasteiger partial charge in [0.2, 0.25) is 5.91 Å². The van der Waals surface area contributed by atoms with E-state index in [-0.39, 0.29) is 11.3 Å². The Morgan fingerprint density at radius 3 is 2.54 bits per heavy atom. The van der Waals surface area contributed by atoms with E-state index in [9.17, 15) is 4.79 Å². The summed E-state index contributed by atoms with van der Waals surface area (Å²) in [5.74, 6) is 1.35. The number of benzene rings is 1. The number of aromatic nitrogens is 2. The summed E-state index contributed by atoms with van der Waals surface area (Å²) >= 11 is 0. The number of carbonyl (C=O) groups excluding carboxylic acids is 1. The number of hydrogen-bond donors (Lipinski definition) is 2. The maximum Gasteiger partial charge on any atom is 0.225 e. The van der Waals surface area contributed by atoms with Crippen molar-refractivity contribution in [3.8, 4) is 22.8 Å². The van der Waals surface area contributed by atoms with Gasteiger partial charge in [0.15, 0.2) is 0 Å². The van der Waals surface area contributed by atoms with Gasteiger partial charge in [-0.25, -0.2) is 0 Å². The summed E-state index contributed by atoms with van der Waals surface area (Å²) in [5, 5.41) is 10.6. The molecule has 0 unspecified atom stereocenters. The standard InChI is InChI=1S/C20H29N3O3/c1-7-8-15-19(21-17(24)12-20(2,3)4)18(23-22-15)14-11-13(25-5)9-10-16(14)26-6/h9-11H,7-8,12H2,1-6H3,(H,21,24)(H,22,23). The van der Waals surface area contributed by atoms with Crippen molar-refractivity contribution in [3.05, 3.63) is 23.9 Å². The van der Waals surface area contributed by atoms with Crippen LogP contribution >= 0.6 is 0 Å². The zero-order chi connectivity index (χ0) is 19.3. The van der Waals surface area contributed by atoms with Crippen LogP contribution in [0.3, 0.4) is 0 Å². The van der Waals surface area contributed by atoms with Gasteiger partial charge < -0.3 is 14.8 Å². The summed E-state index contributed by atoms with van der Waals surface area (Å²) in [6.45, 7) is 8.22. The highest BCUT2D eigenvalue weighted by Gasteiger charge is 2.22. The number of anilines is 1. The molecule has 26 heavy (non-hydrogen) atoms. The molecule has 0 bridgehead atoms. The lowest BCUT2D eigenvalue weighted by Crippen LogP contribution is -2.20. The maximum absolute atomic E-state index is 12.5. The molecule has 1 aromatic heterocycles. The number of aryl methyl sites for hydroxylation is 1. The molecule has 0 saturated carbocycles. The molecule has 6 nitrogen and oxygen atoms in total. The summed E-state index contributed by atoms with van der Waals surface area (Å²) in [6.07, 6.45) is 2.17. The van der Waals surface area contributed by atoms with Gasteiger partial charge in [-0.2, -0.15) is 5.10 Å². The number of ether oxygens (including phenoxy) is 2. The molecule has 2 rings (SSSR count). The molecule has 1 aromatic carbocycles. The second-order valence-corrected chi connectivity index (χ2v) is 7.53. The first-order valence-electron chi connectivity index (χ1n) is 8.88. The van der Waals surface area contributed by atoms with Crippen molar-refractivity contribution in [1.82, 2.24) is 10.2 Å². The summed E-state index contributed by atoms with van der Waals surface area (Å²) in [7, 11) is 3.23. The molecule has 0 fully saturated rings. The van der Waals surface area contributed by atoms with Crippen LogP contribution in [0.15, 0.2) is 18.2 Å². The Labute approximate surface area is 155 Å². The van der Waals surface area contributed by atoms with Crippen molar-refractivity contribution in [1.29, 1.82) is 0 Å². The van der Waals surface area contributed by atoms with Crippen LogP contribution in [0.5, 0.6) is 11.5 Å². The molecule has 0 atom stereocenters. The van der Waals surface area contributed by atoms with Gasteiger partial charge >= 0.3 is 0 Å². The molecule has 2 N–H and O–H groups in total. The van der Waals surface area contributed by atoms with Crippen molar-refractivity contribution in [2.24, 2.45) is 5.41 Å². The fourth-order valence-electron chi connectivity index (χ4n) is 2.80. The first kappa shape index (κ1) is 19.8. The molecule has 2 aromatic rings. The molecule has 0 aliphatic carbocycles. The third-order valence-corrected chi connectivity index (χ3v) is 3.96. The molecular weight excluding hydrogens is 330 g/mol. The van der Waals surface area contributed by atoms with Crippen molar-refractivity contribution in [2.75, 3.05) is 19.5 Å². The van der Waals surface area contributed by atoms with Crippen LogP contribution in [0.1, 0.15) is 46.2 Å². The van der Waals surface area contributed by atoms with Crippen LogP contribution in [0.4, 0.5) is 5.69 Å². The summed E-state index contributed by atoms with van der Waals surface area (Å²) < 4.78 is 10.8. The zero-order valence-corrected chi connectivity index (χ0v) is 16.5. The van der Waals surface area contributed by atoms with Gasteiger partial charge in [0.25, 0.3) is 0 Å². The molecule has 0 aliphatic rings. The summed E-state index contributed by atoms with van der Waals surface area (Å²) in [5.41, 5.74) is 2.97. The van der Waals surface area contributed by atoms with E-state index >= 15 is 0 Å². The Hall–Kier alpha value is -2.50. The summed E-state index contributed by atoms with van der Waals surface area (Å²) in [4.78, 5) is 12.5. The second-order valence-electron chi connectivity index (χ2n) is 7.53. The molecule has 0 spiro atoms. The lowest BCUT2D eigenvalue weighted by atomic mass is 9.92. The van der Waals surface area contributed by atoms with Crippen molar-refractivity contribution >= 4 is 11.6 Å². The van der Waals surface area contributed by atoms with Gasteiger partial charge in [-0.05, 0) is 30.0 Å². The van der Waals surface area contributed by atoms with Crippen molar-refractivity contribution < 1.29 is 14.3 Å². The SMILES string of the molecule is CCCc1[nH]nc(-c2cc(OC)ccc2OC)c1NC(=O)CC(C)(C)C. The third kappa shape index (κ3) is 4.77. The van der Waals surface area contributed by atoms with Gasteiger partial charge in [0.05, 0.1) is 25.6 Å². The monoisotopic (exact) mass is 359 g/mol. The highest BCUT2D eigenvalue weighted by atomic mass is 16.5. The highest BCUT2D eigenvalue weighted by Crippen LogP contribution is 2.38. The normalized spacial score (nSPS) is 11.3. The van der Waals surface area contributed by atoms with E-state index in [0.717, 1.165) is 24.1 Å². The summed E-state index contributed by atoms with van der Waals surface area (Å²) in [6, 6.07) is 5.53. The number of hydrogen-bond acceptors (Lipinski definition) is 4. The van der Waals surface area contributed by atoms with Crippen molar-refractivity contribution in [3.63, 3.8) is 0 Å². The van der Waals surface area contributed by atoms with E-state index < -0.39 is 0 Å². The topological polar surface area (TPSA) is 76.2 Å². The van der Waals surface area contributed by atoms with Crippen molar-refractivity contribution in [2.45, 2.75) is 47.0 Å². The fraction of sp³-hybridized carbons (Fsp3) is 0.500. The Morgan fingerprint density at radius 1 is 1.23 bits per heavy atom. The van der Waals surface area contributed by atoms with Gasteiger partial charge in [0, 0.05) is 12.0 Å². The van der Waals surface area contributed by atoms with Crippen LogP contribution in [0.2, 0.25) is 0 Å². The van der Waals surface area contributed by atoms with Crippen LogP contribution in [0, 0.1) is 5.41 Å². The molecule has 142 valence electrons. The smallest absolute Gasteiger partial charge is 0.225 e. The number of nitrogens with zero attached hydrogens (tertiary/aromatic N) is 1. The van der Waals surface area contributed by atoms with E-state index in [4.69, 9.17) is 9.47 Å². The fourth-order valence-corrected chi connectivity index (χ4v) is 2.80. The lowest BCUT2D eigenvalue weighted by molar-refractivity contribution is -0.117. The Morgan fingerprint density at radius 2 is 1.96 bits per heavy atom. The van der Waals surface area contributed by atoms with Crippen LogP contribution in [-0.4, -0.2) is 30.3 Å². The molecule has 6 heteroatoms. The maximum atomic E-state index is 12.5. The Bertz CT molecular complexity index is 760. The van der Waals surface area contributed by atoms with Crippen LogP contribution < -0.4 is 14.8 Å². The third-order valence-electron chi connectivity index (χ3n) is 3.96. The lowest BCUT2D eigenvalue weighted by Gasteiger charge is -2.18. The molecule has 0 saturated heterocycles. The van der Waals surface area contributed by atoms with Crippen LogP contribution in [0.25, 0.3) is 11.3 Å². The number of H-pyrrole nitrogens is 1. The number of amides is 1. The minimum Gasteiger partial charge on any atom is -0.497 e. The predicted molar refractivity (Wildman–Crippen MR) is 104 cm³/mol. The van der Waals surface area contributed by atoms with Gasteiger partial charge in [-0.1, -0.05) is 34.1 Å². The van der Waals surface area contributed by atoms with E-state index in [0.29, 0.717) is 29.3 Å². The molecule has 1 heterocycles. The Balaban J connectivity index is 2.48. The van der Waals surface area contributed by atoms with Gasteiger partial charge in [-0.15, -0.1) is 0 Å². The average molecular weight is 359 g/mol. The van der Waals surface area contributed by atoms with E-state index in [1.807, 2.05) is 39.0 Å². The first-order chi connectivity index (χ1) is 12.3. The average Bonchev–Trinajstić information content (AvgIpc) is 2.95. The number of rotatable bonds is 7. The van der Waals surface area contributed by atoms with Gasteiger partial charge in [0.1, 0.15) is 17.2 Å². The molecule has 1 amide bonds. The highest BCUT2D eigenvalue weighted by molar-refractivity contribution is 5.96. The predicted octanol–water partition coefficient (Wildman–Crippen LogP) is 4.42. The largest absolute Gasteiger partial charge is 0.497 e. The Kier molecular flexibility index (Phi) is 6.29. The minimum absolute atomic E-state index is 0.0284. The van der Waals surface area contributed by atoms with E-state index in [1.54, 1.807) is 14.2 Å². The quantitative estimate of drug-likeness (QED) is 0.767. The molecular formula is C20H29N3O3. The first-order valence-corrected chi connectivity index (χ1v) is 8.88. The number of methoxy groups -OCH3 is 2. The number of aromatic amines is 1. The number of carbonyl (C=O) groups is 1. The van der Waals surface area contributed by atoms with Crippen LogP contribution in [-0.2, 0) is 11.2 Å². The second kappa shape index (κ2) is 8.25. The van der Waals surface area contributed by atoms with Gasteiger partial charge in [-0.3, -0.25) is 9.89 Å².